The maximum absolute atomic E-state index is 11.6. The van der Waals surface area contributed by atoms with E-state index in [0.717, 1.165) is 0 Å². The lowest BCUT2D eigenvalue weighted by Gasteiger charge is -2.02. The molecule has 90 valence electrons. The van der Waals surface area contributed by atoms with Gasteiger partial charge in [-0.3, -0.25) is 0 Å². The van der Waals surface area contributed by atoms with Gasteiger partial charge in [0, 0.05) is 11.5 Å². The number of benzene rings is 1. The van der Waals surface area contributed by atoms with Crippen molar-refractivity contribution in [2.75, 3.05) is 14.2 Å². The highest BCUT2D eigenvalue weighted by molar-refractivity contribution is 6.05. The molecular formula is C12H12O5. The van der Waals surface area contributed by atoms with E-state index in [0.29, 0.717) is 28.0 Å². The summed E-state index contributed by atoms with van der Waals surface area (Å²) in [6, 6.07) is 2.96. The minimum absolute atomic E-state index is 0.0500. The molecule has 0 unspecified atom stereocenters. The summed E-state index contributed by atoms with van der Waals surface area (Å²) in [4.78, 5) is 11.6. The van der Waals surface area contributed by atoms with E-state index >= 15 is 0 Å². The lowest BCUT2D eigenvalue weighted by molar-refractivity contribution is 0.0601. The van der Waals surface area contributed by atoms with E-state index in [4.69, 9.17) is 9.15 Å². The molecule has 0 radical (unpaired) electrons. The molecule has 0 aliphatic rings. The molecule has 1 aromatic carbocycles. The Kier molecular flexibility index (Phi) is 2.67. The van der Waals surface area contributed by atoms with Gasteiger partial charge in [-0.25, -0.2) is 4.79 Å². The van der Waals surface area contributed by atoms with Crippen molar-refractivity contribution in [3.05, 3.63) is 23.5 Å². The van der Waals surface area contributed by atoms with Crippen LogP contribution < -0.4 is 4.74 Å². The van der Waals surface area contributed by atoms with Crippen LogP contribution in [0.5, 0.6) is 11.5 Å². The number of ether oxygens (including phenoxy) is 2. The van der Waals surface area contributed by atoms with Crippen LogP contribution in [-0.2, 0) is 4.74 Å². The number of furan rings is 1. The number of hydrogen-bond donors (Lipinski definition) is 1. The number of methoxy groups -OCH3 is 2. The van der Waals surface area contributed by atoms with Gasteiger partial charge in [-0.05, 0) is 13.0 Å². The van der Waals surface area contributed by atoms with Gasteiger partial charge in [-0.1, -0.05) is 0 Å². The number of fused-ring (bicyclic) bond motifs is 1. The van der Waals surface area contributed by atoms with Crippen LogP contribution in [0.3, 0.4) is 0 Å². The third-order valence-corrected chi connectivity index (χ3v) is 2.56. The molecule has 0 aliphatic heterocycles. The fourth-order valence-corrected chi connectivity index (χ4v) is 1.75. The lowest BCUT2D eigenvalue weighted by atomic mass is 10.1. The number of esters is 1. The summed E-state index contributed by atoms with van der Waals surface area (Å²) in [5.74, 6) is 0.193. The zero-order chi connectivity index (χ0) is 12.6. The van der Waals surface area contributed by atoms with Crippen molar-refractivity contribution >= 4 is 16.9 Å². The van der Waals surface area contributed by atoms with E-state index in [1.54, 1.807) is 6.92 Å². The number of hydrogen-bond acceptors (Lipinski definition) is 5. The molecule has 1 heterocycles. The Morgan fingerprint density at radius 3 is 2.65 bits per heavy atom. The fourth-order valence-electron chi connectivity index (χ4n) is 1.75. The molecule has 1 aromatic heterocycles. The summed E-state index contributed by atoms with van der Waals surface area (Å²) in [5.41, 5.74) is 0.790. The van der Waals surface area contributed by atoms with E-state index in [1.165, 1.54) is 26.4 Å². The minimum atomic E-state index is -0.495. The van der Waals surface area contributed by atoms with Crippen LogP contribution in [0.15, 0.2) is 16.5 Å². The number of phenols is 1. The van der Waals surface area contributed by atoms with Crippen molar-refractivity contribution in [2.45, 2.75) is 6.92 Å². The third kappa shape index (κ3) is 1.69. The molecule has 0 spiro atoms. The maximum Gasteiger partial charge on any atom is 0.342 e. The topological polar surface area (TPSA) is 68.9 Å². The van der Waals surface area contributed by atoms with Crippen molar-refractivity contribution in [2.24, 2.45) is 0 Å². The van der Waals surface area contributed by atoms with Gasteiger partial charge in [-0.15, -0.1) is 0 Å². The van der Waals surface area contributed by atoms with Gasteiger partial charge in [0.2, 0.25) is 0 Å². The summed E-state index contributed by atoms with van der Waals surface area (Å²) in [6.07, 6.45) is 0. The predicted octanol–water partition coefficient (Wildman–Crippen LogP) is 2.24. The second-order valence-corrected chi connectivity index (χ2v) is 3.55. The Morgan fingerprint density at radius 2 is 2.06 bits per heavy atom. The van der Waals surface area contributed by atoms with E-state index in [-0.39, 0.29) is 5.75 Å². The van der Waals surface area contributed by atoms with Crippen molar-refractivity contribution < 1.29 is 23.8 Å². The minimum Gasteiger partial charge on any atom is -0.504 e. The maximum atomic E-state index is 11.6. The standard InChI is InChI=1S/C12H12O5/c1-6-11(12(14)16-3)7-4-8(13)10(15-2)5-9(7)17-6/h4-5,13H,1-3H3. The first-order chi connectivity index (χ1) is 8.08. The average molecular weight is 236 g/mol. The number of aromatic hydroxyl groups is 1. The van der Waals surface area contributed by atoms with Crippen molar-refractivity contribution in [1.82, 2.24) is 0 Å². The molecule has 0 saturated heterocycles. The first-order valence-electron chi connectivity index (χ1n) is 4.97. The van der Waals surface area contributed by atoms with Crippen molar-refractivity contribution in [3.8, 4) is 11.5 Å². The number of rotatable bonds is 2. The highest BCUT2D eigenvalue weighted by Crippen LogP contribution is 2.35. The summed E-state index contributed by atoms with van der Waals surface area (Å²) in [6.45, 7) is 1.66. The quantitative estimate of drug-likeness (QED) is 0.810. The Labute approximate surface area is 97.6 Å². The van der Waals surface area contributed by atoms with Gasteiger partial charge in [0.15, 0.2) is 11.5 Å². The zero-order valence-corrected chi connectivity index (χ0v) is 9.73. The number of aryl methyl sites for hydroxylation is 1. The molecule has 0 aliphatic carbocycles. The second-order valence-electron chi connectivity index (χ2n) is 3.55. The van der Waals surface area contributed by atoms with Gasteiger partial charge in [0.1, 0.15) is 16.9 Å². The molecule has 0 saturated carbocycles. The summed E-state index contributed by atoms with van der Waals surface area (Å²) in [5, 5.41) is 10.2. The smallest absolute Gasteiger partial charge is 0.342 e. The Morgan fingerprint density at radius 1 is 1.35 bits per heavy atom. The van der Waals surface area contributed by atoms with Gasteiger partial charge >= 0.3 is 5.97 Å². The largest absolute Gasteiger partial charge is 0.504 e. The van der Waals surface area contributed by atoms with Crippen LogP contribution in [0.25, 0.3) is 11.0 Å². The highest BCUT2D eigenvalue weighted by atomic mass is 16.5. The van der Waals surface area contributed by atoms with Crippen LogP contribution in [-0.4, -0.2) is 25.3 Å². The molecular weight excluding hydrogens is 224 g/mol. The number of phenolic OH excluding ortho intramolecular Hbond substituents is 1. The molecule has 5 nitrogen and oxygen atoms in total. The third-order valence-electron chi connectivity index (χ3n) is 2.56. The second kappa shape index (κ2) is 4.01. The average Bonchev–Trinajstić information content (AvgIpc) is 2.62. The zero-order valence-electron chi connectivity index (χ0n) is 9.73. The first-order valence-corrected chi connectivity index (χ1v) is 4.97. The van der Waals surface area contributed by atoms with Gasteiger partial charge < -0.3 is 19.0 Å². The highest BCUT2D eigenvalue weighted by Gasteiger charge is 2.20. The van der Waals surface area contributed by atoms with Crippen LogP contribution in [0, 0.1) is 6.92 Å². The lowest BCUT2D eigenvalue weighted by Crippen LogP contribution is -2.01. The van der Waals surface area contributed by atoms with Crippen molar-refractivity contribution in [1.29, 1.82) is 0 Å². The van der Waals surface area contributed by atoms with Crippen LogP contribution >= 0.6 is 0 Å². The molecule has 1 N–H and O–H groups in total. The number of carbonyl (C=O) groups is 1. The first kappa shape index (κ1) is 11.3. The summed E-state index contributed by atoms with van der Waals surface area (Å²) < 4.78 is 15.1. The molecule has 0 fully saturated rings. The molecule has 2 aromatic rings. The molecule has 0 bridgehead atoms. The Balaban J connectivity index is 2.74. The van der Waals surface area contributed by atoms with E-state index < -0.39 is 5.97 Å². The van der Waals surface area contributed by atoms with Crippen LogP contribution in [0.4, 0.5) is 0 Å². The predicted molar refractivity (Wildman–Crippen MR) is 60.5 cm³/mol. The fraction of sp³-hybridized carbons (Fsp3) is 0.250. The number of carbonyl (C=O) groups excluding carboxylic acids is 1. The van der Waals surface area contributed by atoms with E-state index in [1.807, 2.05) is 0 Å². The molecule has 17 heavy (non-hydrogen) atoms. The summed E-state index contributed by atoms with van der Waals surface area (Å²) in [7, 11) is 2.74. The molecule has 2 rings (SSSR count). The molecule has 5 heteroatoms. The van der Waals surface area contributed by atoms with E-state index in [2.05, 4.69) is 4.74 Å². The van der Waals surface area contributed by atoms with Crippen molar-refractivity contribution in [3.63, 3.8) is 0 Å². The van der Waals surface area contributed by atoms with Gasteiger partial charge in [-0.2, -0.15) is 0 Å². The Hall–Kier alpha value is -2.17. The van der Waals surface area contributed by atoms with Crippen LogP contribution in [0.1, 0.15) is 16.1 Å². The molecule has 0 atom stereocenters. The van der Waals surface area contributed by atoms with E-state index in [9.17, 15) is 9.90 Å². The van der Waals surface area contributed by atoms with Gasteiger partial charge in [0.05, 0.1) is 14.2 Å². The van der Waals surface area contributed by atoms with Crippen LogP contribution in [0.2, 0.25) is 0 Å². The Bertz CT molecular complexity index is 582. The molecule has 0 amide bonds. The van der Waals surface area contributed by atoms with Gasteiger partial charge in [0.25, 0.3) is 0 Å². The monoisotopic (exact) mass is 236 g/mol. The normalized spacial score (nSPS) is 10.5. The summed E-state index contributed by atoms with van der Waals surface area (Å²) >= 11 is 0. The SMILES string of the molecule is COC(=O)c1c(C)oc2cc(OC)c(O)cc12.